The molecule has 0 saturated heterocycles. The predicted octanol–water partition coefficient (Wildman–Crippen LogP) is 0.935. The number of benzene rings is 1. The number of aromatic nitrogens is 2. The molecule has 0 bridgehead atoms. The maximum atomic E-state index is 11.4. The van der Waals surface area contributed by atoms with E-state index in [2.05, 4.69) is 4.98 Å². The second kappa shape index (κ2) is 3.70. The maximum Gasteiger partial charge on any atom is 0.332 e. The zero-order valence-corrected chi connectivity index (χ0v) is 8.62. The van der Waals surface area contributed by atoms with Gasteiger partial charge in [-0.15, -0.1) is 0 Å². The van der Waals surface area contributed by atoms with Crippen LogP contribution >= 0.6 is 12.2 Å². The second-order valence-electron chi connectivity index (χ2n) is 3.05. The van der Waals surface area contributed by atoms with Gasteiger partial charge in [0, 0.05) is 6.20 Å². The fraction of sp³-hybridized carbons (Fsp3) is 0. The minimum atomic E-state index is -0.318. The Labute approximate surface area is 91.4 Å². The molecule has 0 spiro atoms. The van der Waals surface area contributed by atoms with E-state index in [-0.39, 0.29) is 10.8 Å². The van der Waals surface area contributed by atoms with Crippen molar-refractivity contribution >= 4 is 17.3 Å². The zero-order valence-electron chi connectivity index (χ0n) is 7.81. The van der Waals surface area contributed by atoms with Crippen LogP contribution in [0.2, 0.25) is 0 Å². The molecule has 2 aromatic rings. The van der Waals surface area contributed by atoms with Crippen molar-refractivity contribution in [1.82, 2.24) is 9.55 Å². The Morgan fingerprint density at radius 2 is 2.00 bits per heavy atom. The Balaban J connectivity index is 2.53. The lowest BCUT2D eigenvalue weighted by Crippen LogP contribution is -2.28. The fourth-order valence-electron chi connectivity index (χ4n) is 1.32. The molecular formula is C10H9N3OS. The van der Waals surface area contributed by atoms with Gasteiger partial charge in [0.05, 0.1) is 5.69 Å². The Hall–Kier alpha value is -1.88. The molecule has 15 heavy (non-hydrogen) atoms. The van der Waals surface area contributed by atoms with Gasteiger partial charge in [-0.3, -0.25) is 0 Å². The zero-order chi connectivity index (χ0) is 10.8. The molecule has 76 valence electrons. The van der Waals surface area contributed by atoms with Crippen molar-refractivity contribution in [3.63, 3.8) is 0 Å². The summed E-state index contributed by atoms with van der Waals surface area (Å²) in [5.41, 5.74) is 6.69. The topological polar surface area (TPSA) is 63.8 Å². The van der Waals surface area contributed by atoms with Gasteiger partial charge < -0.3 is 10.7 Å². The largest absolute Gasteiger partial charge is 0.375 e. The summed E-state index contributed by atoms with van der Waals surface area (Å²) in [5, 5.41) is 0.0402. The predicted molar refractivity (Wildman–Crippen MR) is 62.7 cm³/mol. The third kappa shape index (κ3) is 1.82. The number of nitrogens with zero attached hydrogens (tertiary/aromatic N) is 1. The van der Waals surface area contributed by atoms with Gasteiger partial charge >= 0.3 is 5.69 Å². The van der Waals surface area contributed by atoms with Gasteiger partial charge in [-0.05, 0) is 17.8 Å². The van der Waals surface area contributed by atoms with Crippen LogP contribution in [-0.4, -0.2) is 14.7 Å². The van der Waals surface area contributed by atoms with Crippen LogP contribution < -0.4 is 11.4 Å². The number of hydrogen-bond acceptors (Lipinski definition) is 2. The second-order valence-corrected chi connectivity index (χ2v) is 3.47. The Morgan fingerprint density at radius 1 is 1.33 bits per heavy atom. The van der Waals surface area contributed by atoms with Crippen LogP contribution in [0.1, 0.15) is 0 Å². The van der Waals surface area contributed by atoms with Crippen LogP contribution in [0, 0.1) is 0 Å². The van der Waals surface area contributed by atoms with E-state index >= 15 is 0 Å². The Morgan fingerprint density at radius 3 is 2.53 bits per heavy atom. The van der Waals surface area contributed by atoms with Gasteiger partial charge in [0.25, 0.3) is 0 Å². The van der Waals surface area contributed by atoms with Crippen LogP contribution in [-0.2, 0) is 0 Å². The number of H-pyrrole nitrogens is 1. The minimum absolute atomic E-state index is 0.0402. The summed E-state index contributed by atoms with van der Waals surface area (Å²) in [5.74, 6) is 0. The van der Waals surface area contributed by atoms with Gasteiger partial charge in [0.1, 0.15) is 0 Å². The lowest BCUT2D eigenvalue weighted by molar-refractivity contribution is 1.05. The lowest BCUT2D eigenvalue weighted by Gasteiger charge is -1.95. The number of aromatic amines is 1. The highest BCUT2D eigenvalue weighted by Gasteiger charge is 2.05. The summed E-state index contributed by atoms with van der Waals surface area (Å²) in [6.07, 6.45) is 1.60. The number of imidazole rings is 1. The molecule has 0 aliphatic carbocycles. The lowest BCUT2D eigenvalue weighted by atomic mass is 10.2. The van der Waals surface area contributed by atoms with Crippen molar-refractivity contribution in [3.8, 4) is 11.3 Å². The van der Waals surface area contributed by atoms with Gasteiger partial charge in [0.2, 0.25) is 0 Å². The maximum absolute atomic E-state index is 11.4. The van der Waals surface area contributed by atoms with Gasteiger partial charge in [-0.2, -0.15) is 0 Å². The molecule has 3 N–H and O–H groups in total. The smallest absolute Gasteiger partial charge is 0.332 e. The van der Waals surface area contributed by atoms with E-state index < -0.39 is 0 Å². The summed E-state index contributed by atoms with van der Waals surface area (Å²) in [7, 11) is 0. The van der Waals surface area contributed by atoms with Crippen LogP contribution in [0.15, 0.2) is 41.3 Å². The van der Waals surface area contributed by atoms with Crippen molar-refractivity contribution in [2.45, 2.75) is 0 Å². The summed E-state index contributed by atoms with van der Waals surface area (Å²) >= 11 is 4.73. The van der Waals surface area contributed by atoms with Gasteiger partial charge in [-0.1, -0.05) is 30.3 Å². The molecule has 0 aliphatic rings. The first-order valence-electron chi connectivity index (χ1n) is 4.35. The van der Waals surface area contributed by atoms with Crippen molar-refractivity contribution in [1.29, 1.82) is 0 Å². The number of rotatable bonds is 1. The highest BCUT2D eigenvalue weighted by molar-refractivity contribution is 7.80. The van der Waals surface area contributed by atoms with E-state index in [0.29, 0.717) is 5.69 Å². The Kier molecular flexibility index (Phi) is 2.39. The minimum Gasteiger partial charge on any atom is -0.375 e. The van der Waals surface area contributed by atoms with E-state index in [9.17, 15) is 4.79 Å². The van der Waals surface area contributed by atoms with Gasteiger partial charge in [-0.25, -0.2) is 9.36 Å². The van der Waals surface area contributed by atoms with Crippen molar-refractivity contribution in [2.24, 2.45) is 5.73 Å². The number of thiocarbonyl (C=S) groups is 1. The molecule has 0 saturated carbocycles. The number of nitrogens with two attached hydrogens (primary N) is 1. The monoisotopic (exact) mass is 219 g/mol. The van der Waals surface area contributed by atoms with Crippen molar-refractivity contribution < 1.29 is 0 Å². The SMILES string of the molecule is NC(=S)n1cc(-c2ccccc2)[nH]c1=O. The van der Waals surface area contributed by atoms with E-state index in [0.717, 1.165) is 5.56 Å². The average molecular weight is 219 g/mol. The standard InChI is InChI=1S/C10H9N3OS/c11-9(15)13-6-8(12-10(13)14)7-4-2-1-3-5-7/h1-6H,(H2,11,15)(H,12,14). The number of hydrogen-bond donors (Lipinski definition) is 2. The molecule has 0 atom stereocenters. The Bertz CT molecular complexity index is 541. The molecule has 0 radical (unpaired) electrons. The highest BCUT2D eigenvalue weighted by Crippen LogP contribution is 2.13. The first kappa shape index (κ1) is 9.67. The van der Waals surface area contributed by atoms with Crippen LogP contribution in [0.3, 0.4) is 0 Å². The molecule has 0 unspecified atom stereocenters. The van der Waals surface area contributed by atoms with E-state index in [1.54, 1.807) is 6.20 Å². The van der Waals surface area contributed by atoms with Crippen LogP contribution in [0.5, 0.6) is 0 Å². The molecule has 1 aromatic heterocycles. The molecule has 0 aliphatic heterocycles. The quantitative estimate of drug-likeness (QED) is 0.701. The van der Waals surface area contributed by atoms with E-state index in [1.165, 1.54) is 4.57 Å². The van der Waals surface area contributed by atoms with Crippen molar-refractivity contribution in [2.75, 3.05) is 0 Å². The normalized spacial score (nSPS) is 10.1. The third-order valence-corrected chi connectivity index (χ3v) is 2.24. The van der Waals surface area contributed by atoms with Crippen LogP contribution in [0.25, 0.3) is 11.3 Å². The molecule has 2 rings (SSSR count). The average Bonchev–Trinajstić information content (AvgIpc) is 2.62. The molecule has 1 heterocycles. The molecule has 0 fully saturated rings. The molecule has 0 amide bonds. The third-order valence-electron chi connectivity index (χ3n) is 2.04. The fourth-order valence-corrected chi connectivity index (χ4v) is 1.46. The summed E-state index contributed by atoms with van der Waals surface area (Å²) in [4.78, 5) is 14.1. The van der Waals surface area contributed by atoms with E-state index in [1.807, 2.05) is 30.3 Å². The molecule has 1 aromatic carbocycles. The van der Waals surface area contributed by atoms with Gasteiger partial charge in [0.15, 0.2) is 5.11 Å². The van der Waals surface area contributed by atoms with Crippen molar-refractivity contribution in [3.05, 3.63) is 47.0 Å². The summed E-state index contributed by atoms with van der Waals surface area (Å²) in [6.45, 7) is 0. The van der Waals surface area contributed by atoms with E-state index in [4.69, 9.17) is 18.0 Å². The van der Waals surface area contributed by atoms with Crippen LogP contribution in [0.4, 0.5) is 0 Å². The molecule has 4 nitrogen and oxygen atoms in total. The molecular weight excluding hydrogens is 210 g/mol. The number of nitrogens with one attached hydrogen (secondary N) is 1. The first-order chi connectivity index (χ1) is 7.18. The molecule has 5 heteroatoms. The highest BCUT2D eigenvalue weighted by atomic mass is 32.1. The summed E-state index contributed by atoms with van der Waals surface area (Å²) < 4.78 is 1.21. The first-order valence-corrected chi connectivity index (χ1v) is 4.76. The summed E-state index contributed by atoms with van der Waals surface area (Å²) in [6, 6.07) is 9.49.